The van der Waals surface area contributed by atoms with E-state index >= 15 is 0 Å². The number of rotatable bonds is 11. The van der Waals surface area contributed by atoms with Crippen LogP contribution in [0, 0.1) is 0 Å². The Morgan fingerprint density at radius 1 is 0.952 bits per heavy atom. The molecule has 0 amide bonds. The summed E-state index contributed by atoms with van der Waals surface area (Å²) in [6.45, 7) is 10.3. The van der Waals surface area contributed by atoms with E-state index in [1.165, 1.54) is 32.1 Å². The molecule has 1 aliphatic rings. The SMILES string of the molecule is CCO[Si](CCC(C)NC1CCCCC1)(OCC)OCC. The molecule has 1 unspecified atom stereocenters. The second kappa shape index (κ2) is 10.7. The van der Waals surface area contributed by atoms with Gasteiger partial charge in [-0.3, -0.25) is 0 Å². The highest BCUT2D eigenvalue weighted by atomic mass is 28.4. The minimum atomic E-state index is -2.46. The molecule has 1 rings (SSSR count). The molecule has 0 heterocycles. The maximum absolute atomic E-state index is 5.92. The molecule has 1 atom stereocenters. The van der Waals surface area contributed by atoms with Crippen molar-refractivity contribution in [3.8, 4) is 0 Å². The molecule has 0 aromatic heterocycles. The topological polar surface area (TPSA) is 39.7 Å². The van der Waals surface area contributed by atoms with Gasteiger partial charge in [-0.15, -0.1) is 0 Å². The fourth-order valence-corrected chi connectivity index (χ4v) is 5.94. The molecule has 1 aliphatic carbocycles. The predicted octanol–water partition coefficient (Wildman–Crippen LogP) is 3.74. The number of nitrogens with one attached hydrogen (secondary N) is 1. The monoisotopic (exact) mass is 317 g/mol. The zero-order valence-corrected chi connectivity index (χ0v) is 15.5. The molecule has 1 fully saturated rings. The first-order valence-electron chi connectivity index (χ1n) is 8.83. The van der Waals surface area contributed by atoms with E-state index in [0.29, 0.717) is 31.9 Å². The smallest absolute Gasteiger partial charge is 0.374 e. The van der Waals surface area contributed by atoms with Crippen molar-refractivity contribution < 1.29 is 13.3 Å². The van der Waals surface area contributed by atoms with Crippen LogP contribution >= 0.6 is 0 Å². The van der Waals surface area contributed by atoms with Gasteiger partial charge < -0.3 is 18.6 Å². The molecule has 1 N–H and O–H groups in total. The summed E-state index contributed by atoms with van der Waals surface area (Å²) in [6, 6.07) is 2.11. The highest BCUT2D eigenvalue weighted by molar-refractivity contribution is 6.60. The summed E-state index contributed by atoms with van der Waals surface area (Å²) in [5.74, 6) is 0. The Morgan fingerprint density at radius 3 is 1.95 bits per heavy atom. The summed E-state index contributed by atoms with van der Waals surface area (Å²) in [4.78, 5) is 0. The molecule has 4 nitrogen and oxygen atoms in total. The third-order valence-corrected chi connectivity index (χ3v) is 7.19. The Hall–Kier alpha value is 0.0569. The van der Waals surface area contributed by atoms with Gasteiger partial charge in [-0.2, -0.15) is 0 Å². The fraction of sp³-hybridized carbons (Fsp3) is 1.00. The van der Waals surface area contributed by atoms with Crippen molar-refractivity contribution in [2.45, 2.75) is 84.3 Å². The lowest BCUT2D eigenvalue weighted by Crippen LogP contribution is -2.47. The van der Waals surface area contributed by atoms with Crippen molar-refractivity contribution in [2.75, 3.05) is 19.8 Å². The van der Waals surface area contributed by atoms with Gasteiger partial charge in [-0.1, -0.05) is 19.3 Å². The van der Waals surface area contributed by atoms with Crippen molar-refractivity contribution in [3.63, 3.8) is 0 Å². The van der Waals surface area contributed by atoms with E-state index in [0.717, 1.165) is 12.5 Å². The first-order chi connectivity index (χ1) is 10.2. The Kier molecular flexibility index (Phi) is 9.76. The van der Waals surface area contributed by atoms with Crippen molar-refractivity contribution in [2.24, 2.45) is 0 Å². The Morgan fingerprint density at radius 2 is 1.48 bits per heavy atom. The minimum absolute atomic E-state index is 0.501. The summed E-state index contributed by atoms with van der Waals surface area (Å²) in [5, 5.41) is 3.77. The third-order valence-electron chi connectivity index (χ3n) is 4.10. The van der Waals surface area contributed by atoms with Gasteiger partial charge >= 0.3 is 8.80 Å². The number of hydrogen-bond acceptors (Lipinski definition) is 4. The van der Waals surface area contributed by atoms with Crippen LogP contribution in [-0.4, -0.2) is 40.7 Å². The molecular formula is C16H35NO3Si. The second-order valence-electron chi connectivity index (χ2n) is 5.92. The van der Waals surface area contributed by atoms with E-state index in [1.54, 1.807) is 0 Å². The van der Waals surface area contributed by atoms with Gasteiger partial charge in [0.05, 0.1) is 0 Å². The summed E-state index contributed by atoms with van der Waals surface area (Å²) in [5.41, 5.74) is 0. The van der Waals surface area contributed by atoms with E-state index in [1.807, 2.05) is 20.8 Å². The quantitative estimate of drug-likeness (QED) is 0.589. The van der Waals surface area contributed by atoms with Crippen LogP contribution in [0.15, 0.2) is 0 Å². The standard InChI is InChI=1S/C16H35NO3Si/c1-5-18-21(19-6-2,20-7-3)14-13-15(4)17-16-11-9-8-10-12-16/h15-17H,5-14H2,1-4H3. The summed E-state index contributed by atoms with van der Waals surface area (Å²) in [6.07, 6.45) is 7.87. The van der Waals surface area contributed by atoms with Gasteiger partial charge in [0.2, 0.25) is 0 Å². The van der Waals surface area contributed by atoms with E-state index in [-0.39, 0.29) is 0 Å². The molecule has 126 valence electrons. The van der Waals surface area contributed by atoms with Crippen molar-refractivity contribution in [1.29, 1.82) is 0 Å². The normalized spacial score (nSPS) is 18.9. The first kappa shape index (κ1) is 19.1. The van der Waals surface area contributed by atoms with Crippen LogP contribution in [0.1, 0.15) is 66.2 Å². The largest absolute Gasteiger partial charge is 0.500 e. The Balaban J connectivity index is 2.41. The van der Waals surface area contributed by atoms with E-state index < -0.39 is 8.80 Å². The average molecular weight is 318 g/mol. The van der Waals surface area contributed by atoms with Crippen molar-refractivity contribution in [1.82, 2.24) is 5.32 Å². The molecule has 5 heteroatoms. The van der Waals surface area contributed by atoms with Crippen LogP contribution in [0.4, 0.5) is 0 Å². The predicted molar refractivity (Wildman–Crippen MR) is 89.5 cm³/mol. The Bertz CT molecular complexity index is 243. The highest BCUT2D eigenvalue weighted by Gasteiger charge is 2.40. The van der Waals surface area contributed by atoms with Crippen LogP contribution in [0.2, 0.25) is 6.04 Å². The summed E-state index contributed by atoms with van der Waals surface area (Å²) < 4.78 is 17.8. The summed E-state index contributed by atoms with van der Waals surface area (Å²) in [7, 11) is -2.46. The van der Waals surface area contributed by atoms with Gasteiger partial charge in [0.1, 0.15) is 0 Å². The molecule has 1 saturated carbocycles. The number of hydrogen-bond donors (Lipinski definition) is 1. The molecular weight excluding hydrogens is 282 g/mol. The van der Waals surface area contributed by atoms with Gasteiger partial charge in [0, 0.05) is 37.9 Å². The molecule has 0 aromatic carbocycles. The minimum Gasteiger partial charge on any atom is -0.374 e. The van der Waals surface area contributed by atoms with Crippen LogP contribution in [0.25, 0.3) is 0 Å². The van der Waals surface area contributed by atoms with E-state index in [9.17, 15) is 0 Å². The average Bonchev–Trinajstić information content (AvgIpc) is 2.47. The van der Waals surface area contributed by atoms with Gasteiger partial charge in [0.15, 0.2) is 0 Å². The molecule has 0 spiro atoms. The van der Waals surface area contributed by atoms with Gasteiger partial charge in [0.25, 0.3) is 0 Å². The molecule has 0 aromatic rings. The zero-order chi connectivity index (χ0) is 15.6. The van der Waals surface area contributed by atoms with E-state index in [2.05, 4.69) is 12.2 Å². The van der Waals surface area contributed by atoms with Crippen LogP contribution < -0.4 is 5.32 Å². The highest BCUT2D eigenvalue weighted by Crippen LogP contribution is 2.21. The van der Waals surface area contributed by atoms with Crippen LogP contribution in [-0.2, 0) is 13.3 Å². The maximum atomic E-state index is 5.92. The first-order valence-corrected chi connectivity index (χ1v) is 10.8. The second-order valence-corrected chi connectivity index (χ2v) is 8.66. The molecule has 21 heavy (non-hydrogen) atoms. The van der Waals surface area contributed by atoms with E-state index in [4.69, 9.17) is 13.3 Å². The summed E-state index contributed by atoms with van der Waals surface area (Å²) >= 11 is 0. The Labute approximate surface area is 132 Å². The lowest BCUT2D eigenvalue weighted by Gasteiger charge is -2.31. The van der Waals surface area contributed by atoms with Gasteiger partial charge in [-0.05, 0) is 47.0 Å². The van der Waals surface area contributed by atoms with Crippen molar-refractivity contribution >= 4 is 8.80 Å². The molecule has 0 saturated heterocycles. The van der Waals surface area contributed by atoms with Crippen LogP contribution in [0.5, 0.6) is 0 Å². The molecule has 0 bridgehead atoms. The zero-order valence-electron chi connectivity index (χ0n) is 14.5. The fourth-order valence-electron chi connectivity index (χ4n) is 3.15. The molecule has 0 radical (unpaired) electrons. The van der Waals surface area contributed by atoms with Crippen LogP contribution in [0.3, 0.4) is 0 Å². The third kappa shape index (κ3) is 7.24. The maximum Gasteiger partial charge on any atom is 0.500 e. The lowest BCUT2D eigenvalue weighted by molar-refractivity contribution is 0.0700. The molecule has 0 aliphatic heterocycles. The van der Waals surface area contributed by atoms with Gasteiger partial charge in [-0.25, -0.2) is 0 Å². The lowest BCUT2D eigenvalue weighted by atomic mass is 9.95. The van der Waals surface area contributed by atoms with Crippen molar-refractivity contribution in [3.05, 3.63) is 0 Å².